The molecule has 6 heteroatoms. The van der Waals surface area contributed by atoms with E-state index < -0.39 is 0 Å². The van der Waals surface area contributed by atoms with Crippen LogP contribution < -0.4 is 0 Å². The number of aryl methyl sites for hydroxylation is 1. The van der Waals surface area contributed by atoms with Gasteiger partial charge in [-0.15, -0.1) is 21.5 Å². The molecule has 3 rings (SSSR count). The van der Waals surface area contributed by atoms with E-state index in [1.807, 2.05) is 6.07 Å². The standard InChI is InChI=1S/C16H16FN3S2/c1-3-20-15(13-8-11(2)21-10-13)18-19-16(20)22-9-12-6-4-5-7-14(12)17/h4-8,10H,3,9H2,1-2H3. The third-order valence-corrected chi connectivity index (χ3v) is 5.21. The number of rotatable bonds is 5. The van der Waals surface area contributed by atoms with Gasteiger partial charge < -0.3 is 4.57 Å². The Morgan fingerprint density at radius 2 is 2.09 bits per heavy atom. The molecule has 3 aromatic rings. The fraction of sp³-hybridized carbons (Fsp3) is 0.250. The molecule has 0 radical (unpaired) electrons. The van der Waals surface area contributed by atoms with Crippen LogP contribution in [0.3, 0.4) is 0 Å². The third-order valence-electron chi connectivity index (χ3n) is 3.34. The quantitative estimate of drug-likeness (QED) is 0.630. The normalized spacial score (nSPS) is 11.0. The van der Waals surface area contributed by atoms with E-state index in [9.17, 15) is 4.39 Å². The first kappa shape index (κ1) is 15.2. The first-order valence-electron chi connectivity index (χ1n) is 7.04. The molecular formula is C16H16FN3S2. The zero-order valence-electron chi connectivity index (χ0n) is 12.4. The lowest BCUT2D eigenvalue weighted by Crippen LogP contribution is -1.99. The number of hydrogen-bond acceptors (Lipinski definition) is 4. The maximum Gasteiger partial charge on any atom is 0.191 e. The molecule has 22 heavy (non-hydrogen) atoms. The van der Waals surface area contributed by atoms with Crippen molar-refractivity contribution < 1.29 is 4.39 Å². The number of hydrogen-bond donors (Lipinski definition) is 0. The number of benzene rings is 1. The molecule has 0 atom stereocenters. The van der Waals surface area contributed by atoms with E-state index in [2.05, 4.69) is 40.1 Å². The van der Waals surface area contributed by atoms with Gasteiger partial charge in [0.25, 0.3) is 0 Å². The minimum Gasteiger partial charge on any atom is -0.302 e. The van der Waals surface area contributed by atoms with Crippen LogP contribution >= 0.6 is 23.1 Å². The van der Waals surface area contributed by atoms with Crippen molar-refractivity contribution in [1.29, 1.82) is 0 Å². The average molecular weight is 333 g/mol. The highest BCUT2D eigenvalue weighted by molar-refractivity contribution is 7.98. The molecule has 1 aromatic carbocycles. The Bertz CT molecular complexity index is 779. The third kappa shape index (κ3) is 3.08. The summed E-state index contributed by atoms with van der Waals surface area (Å²) in [5.41, 5.74) is 1.78. The number of nitrogens with zero attached hydrogens (tertiary/aromatic N) is 3. The molecule has 0 unspecified atom stereocenters. The highest BCUT2D eigenvalue weighted by Crippen LogP contribution is 2.29. The Balaban J connectivity index is 1.83. The van der Waals surface area contributed by atoms with E-state index in [0.29, 0.717) is 11.3 Å². The smallest absolute Gasteiger partial charge is 0.191 e. The Hall–Kier alpha value is -1.66. The van der Waals surface area contributed by atoms with E-state index in [4.69, 9.17) is 0 Å². The van der Waals surface area contributed by atoms with Crippen LogP contribution in [-0.4, -0.2) is 14.8 Å². The summed E-state index contributed by atoms with van der Waals surface area (Å²) in [7, 11) is 0. The van der Waals surface area contributed by atoms with Crippen molar-refractivity contribution in [2.75, 3.05) is 0 Å². The first-order valence-corrected chi connectivity index (χ1v) is 8.90. The zero-order valence-corrected chi connectivity index (χ0v) is 14.0. The minimum atomic E-state index is -0.175. The van der Waals surface area contributed by atoms with Gasteiger partial charge >= 0.3 is 0 Å². The maximum atomic E-state index is 13.7. The van der Waals surface area contributed by atoms with Crippen molar-refractivity contribution >= 4 is 23.1 Å². The number of thiophene rings is 1. The molecule has 0 spiro atoms. The van der Waals surface area contributed by atoms with Gasteiger partial charge in [0.05, 0.1) is 0 Å². The van der Waals surface area contributed by atoms with Gasteiger partial charge in [0.1, 0.15) is 5.82 Å². The zero-order chi connectivity index (χ0) is 15.5. The Kier molecular flexibility index (Phi) is 4.59. The van der Waals surface area contributed by atoms with Crippen molar-refractivity contribution in [3.8, 4) is 11.4 Å². The Morgan fingerprint density at radius 3 is 2.77 bits per heavy atom. The van der Waals surface area contributed by atoms with Crippen molar-refractivity contribution in [3.63, 3.8) is 0 Å². The summed E-state index contributed by atoms with van der Waals surface area (Å²) in [6.45, 7) is 4.94. The van der Waals surface area contributed by atoms with Crippen LogP contribution in [0.2, 0.25) is 0 Å². The average Bonchev–Trinajstić information content (AvgIpc) is 3.12. The molecule has 3 nitrogen and oxygen atoms in total. The topological polar surface area (TPSA) is 30.7 Å². The van der Waals surface area contributed by atoms with Crippen LogP contribution in [0.15, 0.2) is 40.9 Å². The molecule has 0 saturated carbocycles. The van der Waals surface area contributed by atoms with E-state index >= 15 is 0 Å². The summed E-state index contributed by atoms with van der Waals surface area (Å²) < 4.78 is 15.8. The number of halogens is 1. The molecule has 0 saturated heterocycles. The summed E-state index contributed by atoms with van der Waals surface area (Å²) in [5.74, 6) is 1.25. The van der Waals surface area contributed by atoms with Gasteiger partial charge in [-0.2, -0.15) is 0 Å². The Morgan fingerprint density at radius 1 is 1.27 bits per heavy atom. The highest BCUT2D eigenvalue weighted by Gasteiger charge is 2.14. The molecular weight excluding hydrogens is 317 g/mol. The van der Waals surface area contributed by atoms with Crippen LogP contribution in [0, 0.1) is 12.7 Å². The summed E-state index contributed by atoms with van der Waals surface area (Å²) >= 11 is 3.22. The monoisotopic (exact) mass is 333 g/mol. The summed E-state index contributed by atoms with van der Waals surface area (Å²) in [6.07, 6.45) is 0. The van der Waals surface area contributed by atoms with Crippen LogP contribution in [0.1, 0.15) is 17.4 Å². The van der Waals surface area contributed by atoms with Crippen molar-refractivity contribution in [2.45, 2.75) is 31.3 Å². The molecule has 0 aliphatic rings. The van der Waals surface area contributed by atoms with Crippen molar-refractivity contribution in [1.82, 2.24) is 14.8 Å². The summed E-state index contributed by atoms with van der Waals surface area (Å²) in [5, 5.41) is 11.5. The van der Waals surface area contributed by atoms with Gasteiger partial charge in [0, 0.05) is 28.1 Å². The summed E-state index contributed by atoms with van der Waals surface area (Å²) in [4.78, 5) is 1.25. The molecule has 0 bridgehead atoms. The second-order valence-corrected chi connectivity index (χ2v) is 6.93. The largest absolute Gasteiger partial charge is 0.302 e. The molecule has 0 N–H and O–H groups in total. The van der Waals surface area contributed by atoms with Gasteiger partial charge in [0.2, 0.25) is 0 Å². The second-order valence-electron chi connectivity index (χ2n) is 4.88. The highest BCUT2D eigenvalue weighted by atomic mass is 32.2. The predicted molar refractivity (Wildman–Crippen MR) is 89.7 cm³/mol. The second kappa shape index (κ2) is 6.62. The van der Waals surface area contributed by atoms with E-state index in [1.54, 1.807) is 23.5 Å². The van der Waals surface area contributed by atoms with Crippen molar-refractivity contribution in [3.05, 3.63) is 52.0 Å². The van der Waals surface area contributed by atoms with E-state index in [0.717, 1.165) is 23.1 Å². The molecule has 114 valence electrons. The Labute approximate surface area is 137 Å². The maximum absolute atomic E-state index is 13.7. The van der Waals surface area contributed by atoms with Gasteiger partial charge in [-0.25, -0.2) is 4.39 Å². The van der Waals surface area contributed by atoms with Gasteiger partial charge in [-0.3, -0.25) is 0 Å². The fourth-order valence-corrected chi connectivity index (χ4v) is 3.88. The van der Waals surface area contributed by atoms with Gasteiger partial charge in [-0.1, -0.05) is 30.0 Å². The number of thioether (sulfide) groups is 1. The van der Waals surface area contributed by atoms with Crippen molar-refractivity contribution in [2.24, 2.45) is 0 Å². The van der Waals surface area contributed by atoms with E-state index in [1.165, 1.54) is 22.7 Å². The molecule has 0 aliphatic carbocycles. The summed E-state index contributed by atoms with van der Waals surface area (Å²) in [6, 6.07) is 8.96. The fourth-order valence-electron chi connectivity index (χ4n) is 2.21. The van der Waals surface area contributed by atoms with Crippen LogP contribution in [0.4, 0.5) is 4.39 Å². The molecule has 0 aliphatic heterocycles. The van der Waals surface area contributed by atoms with Crippen LogP contribution in [-0.2, 0) is 12.3 Å². The molecule has 0 amide bonds. The lowest BCUT2D eigenvalue weighted by Gasteiger charge is -2.06. The molecule has 2 aromatic heterocycles. The lowest BCUT2D eigenvalue weighted by molar-refractivity contribution is 0.617. The first-order chi connectivity index (χ1) is 10.7. The lowest BCUT2D eigenvalue weighted by atomic mass is 10.2. The van der Waals surface area contributed by atoms with Gasteiger partial charge in [-0.05, 0) is 31.5 Å². The molecule has 2 heterocycles. The van der Waals surface area contributed by atoms with E-state index in [-0.39, 0.29) is 5.82 Å². The SMILES string of the molecule is CCn1c(SCc2ccccc2F)nnc1-c1csc(C)c1. The predicted octanol–water partition coefficient (Wildman–Crippen LogP) is 4.77. The van der Waals surface area contributed by atoms with Crippen LogP contribution in [0.25, 0.3) is 11.4 Å². The molecule has 0 fully saturated rings. The minimum absolute atomic E-state index is 0.175. The van der Waals surface area contributed by atoms with Crippen LogP contribution in [0.5, 0.6) is 0 Å². The number of aromatic nitrogens is 3. The van der Waals surface area contributed by atoms with Gasteiger partial charge in [0.15, 0.2) is 11.0 Å².